The maximum absolute atomic E-state index is 12.6. The van der Waals surface area contributed by atoms with Crippen molar-refractivity contribution < 1.29 is 22.7 Å². The molecular weight excluding hydrogens is 421 g/mol. The van der Waals surface area contributed by atoms with Gasteiger partial charge in [0.25, 0.3) is 5.56 Å². The monoisotopic (exact) mass is 436 g/mol. The standard InChI is InChI=1S/C18H15F3N6O4/c1-25-9-23-15-14(25)16(29)27(17(30)26(15)2)7-13(28)24-11-3-4-12(10(5-11)6-22)31-8-18(19,20)21/h3-5,9H,7-8H2,1-2H3,(H,24,28). The number of hydrogen-bond donors (Lipinski definition) is 1. The molecule has 3 aromatic rings. The molecule has 2 heterocycles. The number of hydrogen-bond acceptors (Lipinski definition) is 6. The predicted molar refractivity (Wildman–Crippen MR) is 102 cm³/mol. The summed E-state index contributed by atoms with van der Waals surface area (Å²) >= 11 is 0. The molecule has 1 N–H and O–H groups in total. The zero-order valence-corrected chi connectivity index (χ0v) is 16.2. The van der Waals surface area contributed by atoms with Crippen LogP contribution in [0.5, 0.6) is 5.75 Å². The first-order valence-corrected chi connectivity index (χ1v) is 8.66. The summed E-state index contributed by atoms with van der Waals surface area (Å²) in [5, 5.41) is 11.5. The molecule has 0 fully saturated rings. The van der Waals surface area contributed by atoms with E-state index in [9.17, 15) is 27.6 Å². The van der Waals surface area contributed by atoms with Crippen LogP contribution in [-0.4, -0.2) is 37.4 Å². The largest absolute Gasteiger partial charge is 0.483 e. The van der Waals surface area contributed by atoms with E-state index in [1.54, 1.807) is 13.1 Å². The fourth-order valence-corrected chi connectivity index (χ4v) is 2.86. The molecule has 2 aromatic heterocycles. The minimum absolute atomic E-state index is 0.0763. The molecule has 0 bridgehead atoms. The Bertz CT molecular complexity index is 1330. The highest BCUT2D eigenvalue weighted by Crippen LogP contribution is 2.24. The van der Waals surface area contributed by atoms with Gasteiger partial charge in [0.05, 0.1) is 11.9 Å². The molecule has 0 unspecified atom stereocenters. The fraction of sp³-hybridized carbons (Fsp3) is 0.278. The average molecular weight is 436 g/mol. The number of aromatic nitrogens is 4. The van der Waals surface area contributed by atoms with Gasteiger partial charge in [0.1, 0.15) is 18.4 Å². The van der Waals surface area contributed by atoms with Crippen LogP contribution in [0.1, 0.15) is 5.56 Å². The fourth-order valence-electron chi connectivity index (χ4n) is 2.86. The van der Waals surface area contributed by atoms with E-state index in [-0.39, 0.29) is 28.2 Å². The first kappa shape index (κ1) is 21.6. The van der Waals surface area contributed by atoms with Crippen LogP contribution in [0.4, 0.5) is 18.9 Å². The van der Waals surface area contributed by atoms with Crippen LogP contribution in [0.15, 0.2) is 34.1 Å². The summed E-state index contributed by atoms with van der Waals surface area (Å²) in [6.07, 6.45) is -3.21. The van der Waals surface area contributed by atoms with Crippen molar-refractivity contribution in [1.82, 2.24) is 18.7 Å². The molecule has 3 rings (SSSR count). The van der Waals surface area contributed by atoms with E-state index in [4.69, 9.17) is 5.26 Å². The van der Waals surface area contributed by atoms with E-state index in [0.717, 1.165) is 21.3 Å². The molecule has 10 nitrogen and oxygen atoms in total. The number of benzene rings is 1. The Labute approximate surface area is 171 Å². The number of aryl methyl sites for hydroxylation is 2. The number of anilines is 1. The average Bonchev–Trinajstić information content (AvgIpc) is 3.09. The van der Waals surface area contributed by atoms with Gasteiger partial charge >= 0.3 is 11.9 Å². The molecule has 1 amide bonds. The van der Waals surface area contributed by atoms with Crippen molar-refractivity contribution >= 4 is 22.8 Å². The van der Waals surface area contributed by atoms with Crippen molar-refractivity contribution in [2.45, 2.75) is 12.7 Å². The zero-order valence-electron chi connectivity index (χ0n) is 16.2. The van der Waals surface area contributed by atoms with Crippen LogP contribution in [-0.2, 0) is 25.4 Å². The summed E-state index contributed by atoms with van der Waals surface area (Å²) in [6.45, 7) is -2.20. The van der Waals surface area contributed by atoms with Gasteiger partial charge in [-0.05, 0) is 18.2 Å². The Morgan fingerprint density at radius 3 is 2.65 bits per heavy atom. The Kier molecular flexibility index (Phi) is 5.56. The number of nitrogens with one attached hydrogen (secondary N) is 1. The maximum atomic E-state index is 12.6. The third-order valence-electron chi connectivity index (χ3n) is 4.28. The summed E-state index contributed by atoms with van der Waals surface area (Å²) in [6, 6.07) is 5.14. The Hall–Kier alpha value is -4.08. The van der Waals surface area contributed by atoms with E-state index in [1.807, 2.05) is 0 Å². The Morgan fingerprint density at radius 1 is 1.29 bits per heavy atom. The third-order valence-corrected chi connectivity index (χ3v) is 4.28. The SMILES string of the molecule is Cn1cnc2c1c(=O)n(CC(=O)Nc1ccc(OCC(F)(F)F)c(C#N)c1)c(=O)n2C. The lowest BCUT2D eigenvalue weighted by molar-refractivity contribution is -0.153. The van der Waals surface area contributed by atoms with Gasteiger partial charge in [0.15, 0.2) is 17.8 Å². The molecule has 0 aliphatic rings. The molecule has 0 aliphatic carbocycles. The molecule has 0 saturated carbocycles. The predicted octanol–water partition coefficient (Wildman–Crippen LogP) is 0.885. The summed E-state index contributed by atoms with van der Waals surface area (Å²) < 4.78 is 44.8. The van der Waals surface area contributed by atoms with Gasteiger partial charge in [-0.2, -0.15) is 18.4 Å². The minimum Gasteiger partial charge on any atom is -0.483 e. The van der Waals surface area contributed by atoms with Crippen LogP contribution < -0.4 is 21.3 Å². The number of amides is 1. The summed E-state index contributed by atoms with van der Waals surface area (Å²) in [4.78, 5) is 41.4. The normalized spacial score (nSPS) is 11.4. The van der Waals surface area contributed by atoms with Crippen LogP contribution in [0, 0.1) is 11.3 Å². The number of nitriles is 1. The quantitative estimate of drug-likeness (QED) is 0.634. The van der Waals surface area contributed by atoms with Crippen LogP contribution in [0.2, 0.25) is 0 Å². The molecule has 0 saturated heterocycles. The van der Waals surface area contributed by atoms with Gasteiger partial charge in [-0.15, -0.1) is 0 Å². The second-order valence-electron chi connectivity index (χ2n) is 6.54. The van der Waals surface area contributed by atoms with E-state index >= 15 is 0 Å². The number of carbonyl (C=O) groups excluding carboxylic acids is 1. The van der Waals surface area contributed by atoms with Gasteiger partial charge in [-0.3, -0.25) is 14.2 Å². The van der Waals surface area contributed by atoms with Crippen LogP contribution in [0.25, 0.3) is 11.2 Å². The lowest BCUT2D eigenvalue weighted by atomic mass is 10.2. The highest BCUT2D eigenvalue weighted by Gasteiger charge is 2.29. The van der Waals surface area contributed by atoms with Gasteiger partial charge < -0.3 is 14.6 Å². The second-order valence-corrected chi connectivity index (χ2v) is 6.54. The third kappa shape index (κ3) is 4.42. The Morgan fingerprint density at radius 2 is 2.00 bits per heavy atom. The topological polar surface area (TPSA) is 124 Å². The molecule has 0 radical (unpaired) electrons. The van der Waals surface area contributed by atoms with E-state index in [2.05, 4.69) is 15.0 Å². The van der Waals surface area contributed by atoms with Gasteiger partial charge in [-0.25, -0.2) is 14.3 Å². The number of ether oxygens (including phenoxy) is 1. The highest BCUT2D eigenvalue weighted by molar-refractivity contribution is 5.91. The second kappa shape index (κ2) is 7.98. The molecular formula is C18H15F3N6O4. The number of alkyl halides is 3. The molecule has 0 aliphatic heterocycles. The van der Waals surface area contributed by atoms with Crippen LogP contribution >= 0.6 is 0 Å². The summed E-state index contributed by atoms with van der Waals surface area (Å²) in [5.41, 5.74) is -1.31. The van der Waals surface area contributed by atoms with E-state index in [0.29, 0.717) is 0 Å². The number of imidazole rings is 1. The van der Waals surface area contributed by atoms with Crippen molar-refractivity contribution in [2.75, 3.05) is 11.9 Å². The molecule has 1 aromatic carbocycles. The van der Waals surface area contributed by atoms with Crippen molar-refractivity contribution in [3.63, 3.8) is 0 Å². The van der Waals surface area contributed by atoms with Gasteiger partial charge in [0, 0.05) is 19.8 Å². The smallest absolute Gasteiger partial charge is 0.422 e. The molecule has 162 valence electrons. The van der Waals surface area contributed by atoms with Crippen molar-refractivity contribution in [3.8, 4) is 11.8 Å². The minimum atomic E-state index is -4.58. The molecule has 0 spiro atoms. The number of halogens is 3. The Balaban J connectivity index is 1.83. The lowest BCUT2D eigenvalue weighted by Gasteiger charge is -2.12. The summed E-state index contributed by atoms with van der Waals surface area (Å²) in [5.74, 6) is -1.06. The first-order valence-electron chi connectivity index (χ1n) is 8.66. The number of carbonyl (C=O) groups is 1. The maximum Gasteiger partial charge on any atom is 0.422 e. The number of rotatable bonds is 5. The molecule has 0 atom stereocenters. The molecule has 31 heavy (non-hydrogen) atoms. The van der Waals surface area contributed by atoms with E-state index in [1.165, 1.54) is 24.0 Å². The van der Waals surface area contributed by atoms with Crippen LogP contribution in [0.3, 0.4) is 0 Å². The number of nitrogens with zero attached hydrogens (tertiary/aromatic N) is 5. The zero-order chi connectivity index (χ0) is 22.9. The lowest BCUT2D eigenvalue weighted by Crippen LogP contribution is -2.42. The summed E-state index contributed by atoms with van der Waals surface area (Å²) in [7, 11) is 2.97. The first-order chi connectivity index (χ1) is 14.5. The van der Waals surface area contributed by atoms with E-state index < -0.39 is 36.5 Å². The van der Waals surface area contributed by atoms with Crippen molar-refractivity contribution in [1.29, 1.82) is 5.26 Å². The highest BCUT2D eigenvalue weighted by atomic mass is 19.4. The van der Waals surface area contributed by atoms with Crippen molar-refractivity contribution in [3.05, 3.63) is 50.9 Å². The van der Waals surface area contributed by atoms with Gasteiger partial charge in [-0.1, -0.05) is 0 Å². The molecule has 13 heteroatoms. The van der Waals surface area contributed by atoms with Gasteiger partial charge in [0.2, 0.25) is 5.91 Å². The number of fused-ring (bicyclic) bond motifs is 1. The van der Waals surface area contributed by atoms with Crippen molar-refractivity contribution in [2.24, 2.45) is 14.1 Å².